The predicted molar refractivity (Wildman–Crippen MR) is 109 cm³/mol. The predicted octanol–water partition coefficient (Wildman–Crippen LogP) is 2.44. The highest BCUT2D eigenvalue weighted by atomic mass is 16.6. The summed E-state index contributed by atoms with van der Waals surface area (Å²) in [4.78, 5) is 32.0. The van der Waals surface area contributed by atoms with Crippen LogP contribution in [0.25, 0.3) is 0 Å². The van der Waals surface area contributed by atoms with E-state index in [1.807, 2.05) is 19.1 Å². The molecular weight excluding hydrogens is 380 g/mol. The van der Waals surface area contributed by atoms with Gasteiger partial charge in [0.1, 0.15) is 39.4 Å². The van der Waals surface area contributed by atoms with Gasteiger partial charge in [-0.1, -0.05) is 38.8 Å². The van der Waals surface area contributed by atoms with E-state index in [4.69, 9.17) is 24.1 Å². The number of benzene rings is 1. The van der Waals surface area contributed by atoms with Crippen LogP contribution >= 0.6 is 0 Å². The van der Waals surface area contributed by atoms with Crippen molar-refractivity contribution in [3.05, 3.63) is 34.9 Å². The smallest absolute Gasteiger partial charge is 0.360 e. The first-order valence-electron chi connectivity index (χ1n) is 8.55. The molecule has 0 unspecified atom stereocenters. The van der Waals surface area contributed by atoms with Crippen LogP contribution in [0, 0.1) is 6.92 Å². The highest BCUT2D eigenvalue weighted by Gasteiger charge is 2.21. The van der Waals surface area contributed by atoms with Gasteiger partial charge in [-0.15, -0.1) is 0 Å². The fraction of sp³-hybridized carbons (Fsp3) is 0.421. The Morgan fingerprint density at radius 2 is 1.52 bits per heavy atom. The van der Waals surface area contributed by atoms with Crippen molar-refractivity contribution in [3.63, 3.8) is 0 Å². The summed E-state index contributed by atoms with van der Waals surface area (Å²) in [5, 5.41) is 15.6. The van der Waals surface area contributed by atoms with Crippen LogP contribution in [-0.4, -0.2) is 57.3 Å². The van der Waals surface area contributed by atoms with Crippen molar-refractivity contribution < 1.29 is 28.9 Å². The van der Waals surface area contributed by atoms with Crippen molar-refractivity contribution in [2.75, 3.05) is 28.4 Å². The highest BCUT2D eigenvalue weighted by molar-refractivity contribution is 6.67. The zero-order valence-corrected chi connectivity index (χ0v) is 17.7. The van der Waals surface area contributed by atoms with Gasteiger partial charge in [-0.25, -0.2) is 4.79 Å². The zero-order valence-electron chi connectivity index (χ0n) is 17.7. The van der Waals surface area contributed by atoms with Crippen LogP contribution in [-0.2, 0) is 35.5 Å². The van der Waals surface area contributed by atoms with Gasteiger partial charge < -0.3 is 24.1 Å². The monoisotopic (exact) mass is 406 g/mol. The van der Waals surface area contributed by atoms with Crippen molar-refractivity contribution in [1.82, 2.24) is 0 Å². The SMILES string of the molecule is CO\N=C(C)/C(=N/OC)C(/C)=N\OCc1cccc(C)c1/C(=N/OC)C(=O)OC. The lowest BCUT2D eigenvalue weighted by atomic mass is 9.98. The standard InChI is InChI=1S/C19H26N4O6/c1-12-9-8-10-15(16(12)18(23-28-7)19(24)25-4)11-29-21-14(3)17(22-27-6)13(2)20-26-5/h8-10H,11H2,1-7H3/b20-13-,21-14-,22-17-,23-18-. The summed E-state index contributed by atoms with van der Waals surface area (Å²) in [7, 11) is 5.47. The molecule has 0 atom stereocenters. The number of oxime groups is 4. The lowest BCUT2D eigenvalue weighted by Gasteiger charge is -2.13. The number of ether oxygens (including phenoxy) is 1. The Balaban J connectivity index is 3.17. The molecule has 0 aliphatic heterocycles. The molecule has 0 heterocycles. The number of carbonyl (C=O) groups is 1. The van der Waals surface area contributed by atoms with Gasteiger partial charge in [0.25, 0.3) is 0 Å². The maximum Gasteiger partial charge on any atom is 0.360 e. The molecule has 0 N–H and O–H groups in total. The number of hydrogen-bond acceptors (Lipinski definition) is 10. The molecule has 0 spiro atoms. The number of esters is 1. The van der Waals surface area contributed by atoms with Crippen molar-refractivity contribution in [1.29, 1.82) is 0 Å². The van der Waals surface area contributed by atoms with E-state index in [-0.39, 0.29) is 12.3 Å². The van der Waals surface area contributed by atoms with Crippen molar-refractivity contribution >= 4 is 28.8 Å². The third kappa shape index (κ3) is 6.59. The van der Waals surface area contributed by atoms with Crippen molar-refractivity contribution in [3.8, 4) is 0 Å². The van der Waals surface area contributed by atoms with Gasteiger partial charge in [0.15, 0.2) is 11.4 Å². The molecule has 1 rings (SSSR count). The molecule has 0 saturated carbocycles. The van der Waals surface area contributed by atoms with Crippen LogP contribution in [0.3, 0.4) is 0 Å². The van der Waals surface area contributed by atoms with E-state index in [1.165, 1.54) is 28.4 Å². The van der Waals surface area contributed by atoms with E-state index in [1.54, 1.807) is 19.9 Å². The molecule has 0 radical (unpaired) electrons. The first-order valence-corrected chi connectivity index (χ1v) is 8.55. The van der Waals surface area contributed by atoms with Gasteiger partial charge >= 0.3 is 5.97 Å². The molecule has 1 aromatic rings. The molecule has 29 heavy (non-hydrogen) atoms. The molecular formula is C19H26N4O6. The Morgan fingerprint density at radius 3 is 2.10 bits per heavy atom. The third-order valence-corrected chi connectivity index (χ3v) is 3.67. The number of aryl methyl sites for hydroxylation is 1. The fourth-order valence-corrected chi connectivity index (χ4v) is 2.47. The maximum absolute atomic E-state index is 12.1. The van der Waals surface area contributed by atoms with Crippen LogP contribution < -0.4 is 0 Å². The van der Waals surface area contributed by atoms with E-state index in [2.05, 4.69) is 20.6 Å². The van der Waals surface area contributed by atoms with Gasteiger partial charge in [-0.2, -0.15) is 0 Å². The quantitative estimate of drug-likeness (QED) is 0.335. The second-order valence-corrected chi connectivity index (χ2v) is 5.65. The van der Waals surface area contributed by atoms with Crippen molar-refractivity contribution in [2.45, 2.75) is 27.4 Å². The van der Waals surface area contributed by atoms with Gasteiger partial charge in [-0.05, 0) is 26.3 Å². The average molecular weight is 406 g/mol. The van der Waals surface area contributed by atoms with Crippen LogP contribution in [0.5, 0.6) is 0 Å². The third-order valence-electron chi connectivity index (χ3n) is 3.67. The largest absolute Gasteiger partial charge is 0.464 e. The Hall–Kier alpha value is -3.43. The van der Waals surface area contributed by atoms with Gasteiger partial charge in [0, 0.05) is 11.1 Å². The Kier molecular flexibility index (Phi) is 9.86. The molecule has 0 saturated heterocycles. The normalized spacial score (nSPS) is 13.1. The minimum atomic E-state index is -0.622. The van der Waals surface area contributed by atoms with Crippen molar-refractivity contribution in [2.24, 2.45) is 20.6 Å². The molecule has 0 bridgehead atoms. The highest BCUT2D eigenvalue weighted by Crippen LogP contribution is 2.18. The lowest BCUT2D eigenvalue weighted by Crippen LogP contribution is -2.21. The molecule has 158 valence electrons. The number of hydrogen-bond donors (Lipinski definition) is 0. The second-order valence-electron chi connectivity index (χ2n) is 5.65. The Morgan fingerprint density at radius 1 is 0.897 bits per heavy atom. The second kappa shape index (κ2) is 12.1. The topological polar surface area (TPSA) is 113 Å². The molecule has 0 aliphatic carbocycles. The molecule has 10 heteroatoms. The maximum atomic E-state index is 12.1. The van der Waals surface area contributed by atoms with Crippen LogP contribution in [0.1, 0.15) is 30.5 Å². The minimum absolute atomic E-state index is 0.0390. The summed E-state index contributed by atoms with van der Waals surface area (Å²) in [5.41, 5.74) is 3.34. The first kappa shape index (κ1) is 23.6. The number of methoxy groups -OCH3 is 1. The molecule has 1 aromatic carbocycles. The number of rotatable bonds is 10. The summed E-state index contributed by atoms with van der Waals surface area (Å²) in [6.07, 6.45) is 0. The Bertz CT molecular complexity index is 830. The van der Waals surface area contributed by atoms with Crippen LogP contribution in [0.2, 0.25) is 0 Å². The van der Waals surface area contributed by atoms with E-state index in [0.29, 0.717) is 28.3 Å². The summed E-state index contributed by atoms with van der Waals surface area (Å²) in [5.74, 6) is -0.622. The van der Waals surface area contributed by atoms with Crippen LogP contribution in [0.4, 0.5) is 0 Å². The molecule has 0 aromatic heterocycles. The lowest BCUT2D eigenvalue weighted by molar-refractivity contribution is -0.132. The summed E-state index contributed by atoms with van der Waals surface area (Å²) in [6.45, 7) is 5.29. The van der Waals surface area contributed by atoms with E-state index in [0.717, 1.165) is 5.56 Å². The summed E-state index contributed by atoms with van der Waals surface area (Å²) in [6, 6.07) is 5.47. The van der Waals surface area contributed by atoms with Gasteiger partial charge in [-0.3, -0.25) is 0 Å². The number of nitrogens with zero attached hydrogens (tertiary/aromatic N) is 4. The summed E-state index contributed by atoms with van der Waals surface area (Å²) >= 11 is 0. The molecule has 0 amide bonds. The molecule has 0 aliphatic rings. The molecule has 10 nitrogen and oxygen atoms in total. The number of carbonyl (C=O) groups excluding carboxylic acids is 1. The minimum Gasteiger partial charge on any atom is -0.464 e. The van der Waals surface area contributed by atoms with E-state index >= 15 is 0 Å². The zero-order chi connectivity index (χ0) is 21.8. The first-order chi connectivity index (χ1) is 13.9. The van der Waals surface area contributed by atoms with Crippen LogP contribution in [0.15, 0.2) is 38.8 Å². The van der Waals surface area contributed by atoms with E-state index < -0.39 is 5.97 Å². The van der Waals surface area contributed by atoms with Gasteiger partial charge in [0.05, 0.1) is 7.11 Å². The van der Waals surface area contributed by atoms with Gasteiger partial charge in [0.2, 0.25) is 0 Å². The fourth-order valence-electron chi connectivity index (χ4n) is 2.47. The average Bonchev–Trinajstić information content (AvgIpc) is 2.70. The Labute approximate surface area is 169 Å². The summed E-state index contributed by atoms with van der Waals surface area (Å²) < 4.78 is 4.81. The van der Waals surface area contributed by atoms with E-state index in [9.17, 15) is 4.79 Å². The molecule has 0 fully saturated rings.